The molecule has 0 amide bonds. The summed E-state index contributed by atoms with van der Waals surface area (Å²) in [7, 11) is 1.74. The van der Waals surface area contributed by atoms with E-state index in [1.807, 2.05) is 12.3 Å². The van der Waals surface area contributed by atoms with Gasteiger partial charge in [0.05, 0.1) is 0 Å². The van der Waals surface area contributed by atoms with Crippen molar-refractivity contribution in [1.29, 1.82) is 0 Å². The Morgan fingerprint density at radius 1 is 1.39 bits per heavy atom. The number of hydrogen-bond acceptors (Lipinski definition) is 4. The lowest BCUT2D eigenvalue weighted by molar-refractivity contribution is 0.157. The summed E-state index contributed by atoms with van der Waals surface area (Å²) in [6, 6.07) is 1.91. The van der Waals surface area contributed by atoms with Gasteiger partial charge in [-0.25, -0.2) is 9.97 Å². The summed E-state index contributed by atoms with van der Waals surface area (Å²) in [5, 5.41) is 3.38. The number of ether oxygens (including phenoxy) is 1. The monoisotopic (exact) mass is 251 g/mol. The molecule has 0 spiro atoms. The van der Waals surface area contributed by atoms with E-state index in [2.05, 4.69) is 43.0 Å². The van der Waals surface area contributed by atoms with Crippen molar-refractivity contribution in [3.8, 4) is 0 Å². The van der Waals surface area contributed by atoms with Crippen LogP contribution in [0.5, 0.6) is 0 Å². The minimum atomic E-state index is 0.193. The minimum Gasteiger partial charge on any atom is -0.385 e. The summed E-state index contributed by atoms with van der Waals surface area (Å²) < 4.78 is 5.13. The molecule has 0 fully saturated rings. The zero-order valence-corrected chi connectivity index (χ0v) is 12.2. The number of hydrogen-bond donors (Lipinski definition) is 1. The minimum absolute atomic E-state index is 0.193. The molecule has 1 rings (SSSR count). The average Bonchev–Trinajstić information content (AvgIpc) is 2.34. The van der Waals surface area contributed by atoms with Crippen LogP contribution in [0, 0.1) is 5.41 Å². The molecule has 4 heteroatoms. The van der Waals surface area contributed by atoms with Crippen LogP contribution in [0.15, 0.2) is 12.3 Å². The lowest BCUT2D eigenvalue weighted by Gasteiger charge is -2.25. The van der Waals surface area contributed by atoms with Gasteiger partial charge in [0, 0.05) is 32.4 Å². The van der Waals surface area contributed by atoms with Crippen molar-refractivity contribution in [3.63, 3.8) is 0 Å². The first-order valence-corrected chi connectivity index (χ1v) is 6.50. The smallest absolute Gasteiger partial charge is 0.133 e. The topological polar surface area (TPSA) is 47.0 Å². The first kappa shape index (κ1) is 14.9. The van der Waals surface area contributed by atoms with Crippen molar-refractivity contribution in [2.75, 3.05) is 25.6 Å². The molecule has 1 aromatic heterocycles. The van der Waals surface area contributed by atoms with Gasteiger partial charge in [0.2, 0.25) is 0 Å². The zero-order chi connectivity index (χ0) is 13.6. The molecule has 0 aliphatic heterocycles. The third-order valence-corrected chi connectivity index (χ3v) is 2.92. The van der Waals surface area contributed by atoms with E-state index < -0.39 is 0 Å². The number of nitrogens with one attached hydrogen (secondary N) is 1. The second-order valence-corrected chi connectivity index (χ2v) is 5.72. The average molecular weight is 251 g/mol. The van der Waals surface area contributed by atoms with Crippen molar-refractivity contribution in [3.05, 3.63) is 18.1 Å². The molecule has 1 aromatic rings. The van der Waals surface area contributed by atoms with Crippen LogP contribution in [0.1, 0.15) is 45.9 Å². The summed E-state index contributed by atoms with van der Waals surface area (Å²) in [5.74, 6) is 2.14. The summed E-state index contributed by atoms with van der Waals surface area (Å²) in [6.45, 7) is 10.3. The van der Waals surface area contributed by atoms with Gasteiger partial charge in [0.15, 0.2) is 0 Å². The Labute approximate surface area is 110 Å². The van der Waals surface area contributed by atoms with Crippen LogP contribution in [0.2, 0.25) is 0 Å². The van der Waals surface area contributed by atoms with Crippen LogP contribution >= 0.6 is 0 Å². The summed E-state index contributed by atoms with van der Waals surface area (Å²) in [6.07, 6.45) is 2.84. The van der Waals surface area contributed by atoms with E-state index in [1.54, 1.807) is 7.11 Å². The predicted molar refractivity (Wildman–Crippen MR) is 74.9 cm³/mol. The van der Waals surface area contributed by atoms with Gasteiger partial charge in [-0.05, 0) is 17.9 Å². The summed E-state index contributed by atoms with van der Waals surface area (Å²) in [5.41, 5.74) is 0.193. The van der Waals surface area contributed by atoms with Crippen molar-refractivity contribution in [2.24, 2.45) is 5.41 Å². The Morgan fingerprint density at radius 2 is 2.11 bits per heavy atom. The molecule has 0 unspecified atom stereocenters. The highest BCUT2D eigenvalue weighted by atomic mass is 16.5. The van der Waals surface area contributed by atoms with E-state index in [9.17, 15) is 0 Å². The van der Waals surface area contributed by atoms with Gasteiger partial charge in [-0.3, -0.25) is 0 Å². The van der Waals surface area contributed by atoms with Gasteiger partial charge in [-0.1, -0.05) is 27.7 Å². The fourth-order valence-corrected chi connectivity index (χ4v) is 1.55. The molecule has 0 saturated heterocycles. The lowest BCUT2D eigenvalue weighted by Crippen LogP contribution is -2.25. The Kier molecular flexibility index (Phi) is 5.54. The highest BCUT2D eigenvalue weighted by molar-refractivity contribution is 5.33. The third-order valence-electron chi connectivity index (χ3n) is 2.92. The molecule has 1 N–H and O–H groups in total. The Hall–Kier alpha value is -1.16. The number of rotatable bonds is 7. The van der Waals surface area contributed by atoms with Crippen molar-refractivity contribution >= 4 is 5.82 Å². The standard InChI is InChI=1S/C14H25N3O/c1-11(2)13-15-8-6-12(17-13)16-10-14(3,4)7-9-18-5/h6,8,11H,7,9-10H2,1-5H3,(H,15,16,17). The van der Waals surface area contributed by atoms with Crippen LogP contribution in [-0.4, -0.2) is 30.2 Å². The zero-order valence-electron chi connectivity index (χ0n) is 12.2. The van der Waals surface area contributed by atoms with Crippen LogP contribution in [0.3, 0.4) is 0 Å². The van der Waals surface area contributed by atoms with E-state index in [0.717, 1.165) is 31.2 Å². The van der Waals surface area contributed by atoms with Crippen LogP contribution in [0.25, 0.3) is 0 Å². The molecule has 0 atom stereocenters. The largest absolute Gasteiger partial charge is 0.385 e. The highest BCUT2D eigenvalue weighted by Crippen LogP contribution is 2.21. The van der Waals surface area contributed by atoms with Gasteiger partial charge in [0.1, 0.15) is 11.6 Å². The molecule has 4 nitrogen and oxygen atoms in total. The lowest BCUT2D eigenvalue weighted by atomic mass is 9.90. The molecule has 0 aromatic carbocycles. The van der Waals surface area contributed by atoms with Gasteiger partial charge in [0.25, 0.3) is 0 Å². The van der Waals surface area contributed by atoms with E-state index in [1.165, 1.54) is 0 Å². The highest BCUT2D eigenvalue weighted by Gasteiger charge is 2.17. The molecular weight excluding hydrogens is 226 g/mol. The number of nitrogens with zero attached hydrogens (tertiary/aromatic N) is 2. The van der Waals surface area contributed by atoms with Gasteiger partial charge in [-0.2, -0.15) is 0 Å². The maximum Gasteiger partial charge on any atom is 0.133 e. The Balaban J connectivity index is 2.55. The summed E-state index contributed by atoms with van der Waals surface area (Å²) in [4.78, 5) is 8.76. The molecular formula is C14H25N3O. The maximum atomic E-state index is 5.13. The van der Waals surface area contributed by atoms with Crippen LogP contribution in [-0.2, 0) is 4.74 Å². The van der Waals surface area contributed by atoms with Crippen molar-refractivity contribution < 1.29 is 4.74 Å². The van der Waals surface area contributed by atoms with E-state index in [4.69, 9.17) is 4.74 Å². The Bertz CT molecular complexity index is 364. The second kappa shape index (κ2) is 6.69. The number of anilines is 1. The van der Waals surface area contributed by atoms with Gasteiger partial charge >= 0.3 is 0 Å². The van der Waals surface area contributed by atoms with Gasteiger partial charge < -0.3 is 10.1 Å². The Morgan fingerprint density at radius 3 is 2.72 bits per heavy atom. The first-order valence-electron chi connectivity index (χ1n) is 6.50. The normalized spacial score (nSPS) is 11.9. The van der Waals surface area contributed by atoms with E-state index in [-0.39, 0.29) is 5.41 Å². The van der Waals surface area contributed by atoms with E-state index >= 15 is 0 Å². The van der Waals surface area contributed by atoms with Crippen molar-refractivity contribution in [2.45, 2.75) is 40.0 Å². The summed E-state index contributed by atoms with van der Waals surface area (Å²) >= 11 is 0. The van der Waals surface area contributed by atoms with E-state index in [0.29, 0.717) is 5.92 Å². The fraction of sp³-hybridized carbons (Fsp3) is 0.714. The molecule has 0 radical (unpaired) electrons. The van der Waals surface area contributed by atoms with Crippen molar-refractivity contribution in [1.82, 2.24) is 9.97 Å². The molecule has 0 saturated carbocycles. The van der Waals surface area contributed by atoms with Crippen LogP contribution in [0.4, 0.5) is 5.82 Å². The molecule has 1 heterocycles. The number of methoxy groups -OCH3 is 1. The molecule has 18 heavy (non-hydrogen) atoms. The quantitative estimate of drug-likeness (QED) is 0.809. The van der Waals surface area contributed by atoms with Gasteiger partial charge in [-0.15, -0.1) is 0 Å². The third kappa shape index (κ3) is 5.00. The fourth-order valence-electron chi connectivity index (χ4n) is 1.55. The molecule has 102 valence electrons. The SMILES string of the molecule is COCCC(C)(C)CNc1ccnc(C(C)C)n1. The van der Waals surface area contributed by atoms with Crippen LogP contribution < -0.4 is 5.32 Å². The molecule has 0 bridgehead atoms. The molecule has 0 aliphatic carbocycles. The molecule has 0 aliphatic rings. The predicted octanol–water partition coefficient (Wildman–Crippen LogP) is 3.07. The first-order chi connectivity index (χ1) is 8.44. The maximum absolute atomic E-state index is 5.13. The second-order valence-electron chi connectivity index (χ2n) is 5.72. The number of aromatic nitrogens is 2.